The summed E-state index contributed by atoms with van der Waals surface area (Å²) < 4.78 is 4.51. The fourth-order valence-electron chi connectivity index (χ4n) is 1.37. The third-order valence-corrected chi connectivity index (χ3v) is 2.91. The minimum Gasteiger partial charge on any atom is -0.469 e. The van der Waals surface area contributed by atoms with Gasteiger partial charge in [0.15, 0.2) is 0 Å². The first-order valence-corrected chi connectivity index (χ1v) is 6.17. The van der Waals surface area contributed by atoms with Crippen LogP contribution in [0.5, 0.6) is 0 Å². The molecule has 0 spiro atoms. The average Bonchev–Trinajstić information content (AvgIpc) is 2.43. The predicted octanol–water partition coefficient (Wildman–Crippen LogP) is 2.37. The van der Waals surface area contributed by atoms with E-state index in [1.54, 1.807) is 19.2 Å². The van der Waals surface area contributed by atoms with Crippen molar-refractivity contribution in [2.75, 3.05) is 20.7 Å². The second-order valence-electron chi connectivity index (χ2n) is 3.94. The highest BCUT2D eigenvalue weighted by atomic mass is 35.5. The normalized spacial score (nSPS) is 10.5. The van der Waals surface area contributed by atoms with Gasteiger partial charge in [-0.3, -0.25) is 9.59 Å². The zero-order chi connectivity index (χ0) is 14.3. The number of rotatable bonds is 5. The largest absolute Gasteiger partial charge is 0.469 e. The summed E-state index contributed by atoms with van der Waals surface area (Å²) in [4.78, 5) is 24.2. The quantitative estimate of drug-likeness (QED) is 0.615. The van der Waals surface area contributed by atoms with Crippen LogP contribution in [0.2, 0.25) is 5.02 Å². The van der Waals surface area contributed by atoms with Gasteiger partial charge in [0, 0.05) is 24.7 Å². The van der Waals surface area contributed by atoms with Gasteiger partial charge in [0.2, 0.25) is 5.91 Å². The van der Waals surface area contributed by atoms with Gasteiger partial charge in [-0.05, 0) is 17.7 Å². The van der Waals surface area contributed by atoms with Crippen molar-refractivity contribution in [1.82, 2.24) is 4.90 Å². The first-order valence-electron chi connectivity index (χ1n) is 5.79. The summed E-state index contributed by atoms with van der Waals surface area (Å²) in [5.41, 5.74) is 0.777. The number of esters is 1. The number of carbonyl (C=O) groups is 2. The second-order valence-corrected chi connectivity index (χ2v) is 4.35. The first kappa shape index (κ1) is 15.2. The maximum atomic E-state index is 11.8. The van der Waals surface area contributed by atoms with Crippen LogP contribution in [0.1, 0.15) is 12.0 Å². The van der Waals surface area contributed by atoms with Crippen LogP contribution in [0, 0.1) is 0 Å². The highest BCUT2D eigenvalue weighted by Gasteiger charge is 2.08. The van der Waals surface area contributed by atoms with Crippen molar-refractivity contribution in [3.63, 3.8) is 0 Å². The minimum atomic E-state index is -0.338. The van der Waals surface area contributed by atoms with Crippen molar-refractivity contribution in [2.24, 2.45) is 0 Å². The van der Waals surface area contributed by atoms with Gasteiger partial charge >= 0.3 is 5.97 Å². The number of halogens is 1. The molecule has 0 heterocycles. The fourth-order valence-corrected chi connectivity index (χ4v) is 1.57. The van der Waals surface area contributed by atoms with E-state index in [-0.39, 0.29) is 18.3 Å². The molecule has 0 N–H and O–H groups in total. The number of methoxy groups -OCH3 is 1. The smallest absolute Gasteiger partial charge is 0.307 e. The molecular formula is C14H16ClNO3. The molecule has 0 aromatic heterocycles. The van der Waals surface area contributed by atoms with E-state index in [0.29, 0.717) is 11.6 Å². The highest BCUT2D eigenvalue weighted by molar-refractivity contribution is 6.32. The summed E-state index contributed by atoms with van der Waals surface area (Å²) in [6.07, 6.45) is 3.26. The maximum Gasteiger partial charge on any atom is 0.307 e. The monoisotopic (exact) mass is 281 g/mol. The van der Waals surface area contributed by atoms with Crippen LogP contribution in [-0.4, -0.2) is 37.5 Å². The third kappa shape index (κ3) is 5.14. The number of ether oxygens (including phenoxy) is 1. The molecular weight excluding hydrogens is 266 g/mol. The summed E-state index contributed by atoms with van der Waals surface area (Å²) in [6.45, 7) is 0.318. The lowest BCUT2D eigenvalue weighted by Crippen LogP contribution is -2.27. The van der Waals surface area contributed by atoms with Crippen LogP contribution in [0.25, 0.3) is 6.08 Å². The van der Waals surface area contributed by atoms with Crippen LogP contribution in [0.4, 0.5) is 0 Å². The fraction of sp³-hybridized carbons (Fsp3) is 0.286. The molecule has 1 amide bonds. The average molecular weight is 282 g/mol. The van der Waals surface area contributed by atoms with Gasteiger partial charge < -0.3 is 9.64 Å². The highest BCUT2D eigenvalue weighted by Crippen LogP contribution is 2.16. The van der Waals surface area contributed by atoms with E-state index < -0.39 is 0 Å². The Morgan fingerprint density at radius 1 is 1.37 bits per heavy atom. The van der Waals surface area contributed by atoms with Crippen molar-refractivity contribution >= 4 is 29.6 Å². The lowest BCUT2D eigenvalue weighted by Gasteiger charge is -2.13. The van der Waals surface area contributed by atoms with Crippen LogP contribution in [0.15, 0.2) is 30.3 Å². The van der Waals surface area contributed by atoms with E-state index >= 15 is 0 Å². The van der Waals surface area contributed by atoms with Crippen LogP contribution < -0.4 is 0 Å². The van der Waals surface area contributed by atoms with E-state index in [2.05, 4.69) is 4.74 Å². The van der Waals surface area contributed by atoms with Gasteiger partial charge in [0.25, 0.3) is 0 Å². The molecule has 0 bridgehead atoms. The molecule has 0 saturated carbocycles. The summed E-state index contributed by atoms with van der Waals surface area (Å²) >= 11 is 5.97. The SMILES string of the molecule is COC(=O)CCN(C)C(=O)C=Cc1ccccc1Cl. The summed E-state index contributed by atoms with van der Waals surface area (Å²) in [5, 5.41) is 0.587. The van der Waals surface area contributed by atoms with Gasteiger partial charge in [-0.1, -0.05) is 29.8 Å². The van der Waals surface area contributed by atoms with Gasteiger partial charge in [0.05, 0.1) is 13.5 Å². The van der Waals surface area contributed by atoms with Gasteiger partial charge in [-0.25, -0.2) is 0 Å². The molecule has 0 fully saturated rings. The number of nitrogens with zero attached hydrogens (tertiary/aromatic N) is 1. The van der Waals surface area contributed by atoms with E-state index in [0.717, 1.165) is 5.56 Å². The third-order valence-electron chi connectivity index (χ3n) is 2.57. The Kier molecular flexibility index (Phi) is 6.09. The van der Waals surface area contributed by atoms with Crippen molar-refractivity contribution in [3.8, 4) is 0 Å². The van der Waals surface area contributed by atoms with Crippen LogP contribution >= 0.6 is 11.6 Å². The van der Waals surface area contributed by atoms with Gasteiger partial charge in [-0.15, -0.1) is 0 Å². The molecule has 0 atom stereocenters. The van der Waals surface area contributed by atoms with E-state index in [1.807, 2.05) is 18.2 Å². The van der Waals surface area contributed by atoms with Crippen molar-refractivity contribution in [2.45, 2.75) is 6.42 Å². The van der Waals surface area contributed by atoms with Crippen molar-refractivity contribution < 1.29 is 14.3 Å². The van der Waals surface area contributed by atoms with Crippen molar-refractivity contribution in [3.05, 3.63) is 40.9 Å². The zero-order valence-electron chi connectivity index (χ0n) is 10.9. The Bertz CT molecular complexity index is 485. The second kappa shape index (κ2) is 7.59. The molecule has 1 aromatic carbocycles. The number of likely N-dealkylation sites (N-methyl/N-ethyl adjacent to an activating group) is 1. The van der Waals surface area contributed by atoms with Crippen molar-refractivity contribution in [1.29, 1.82) is 0 Å². The summed E-state index contributed by atoms with van der Waals surface area (Å²) in [6, 6.07) is 7.24. The van der Waals surface area contributed by atoms with E-state index in [1.165, 1.54) is 18.1 Å². The Hall–Kier alpha value is -1.81. The number of benzene rings is 1. The molecule has 1 rings (SSSR count). The molecule has 0 unspecified atom stereocenters. The standard InChI is InChI=1S/C14H16ClNO3/c1-16(10-9-14(18)19-2)13(17)8-7-11-5-3-4-6-12(11)15/h3-8H,9-10H2,1-2H3. The molecule has 0 aliphatic carbocycles. The summed E-state index contributed by atoms with van der Waals surface area (Å²) in [5.74, 6) is -0.529. The Morgan fingerprint density at radius 3 is 2.68 bits per heavy atom. The minimum absolute atomic E-state index is 0.179. The zero-order valence-corrected chi connectivity index (χ0v) is 11.7. The predicted molar refractivity (Wildman–Crippen MR) is 74.8 cm³/mol. The Balaban J connectivity index is 2.55. The number of carbonyl (C=O) groups excluding carboxylic acids is 2. The molecule has 19 heavy (non-hydrogen) atoms. The van der Waals surface area contributed by atoms with Gasteiger partial charge in [-0.2, -0.15) is 0 Å². The Labute approximate surface area is 117 Å². The molecule has 102 valence electrons. The molecule has 5 heteroatoms. The number of hydrogen-bond donors (Lipinski definition) is 0. The van der Waals surface area contributed by atoms with Crippen LogP contribution in [0.3, 0.4) is 0 Å². The Morgan fingerprint density at radius 2 is 2.05 bits per heavy atom. The number of amides is 1. The summed E-state index contributed by atoms with van der Waals surface area (Å²) in [7, 11) is 2.95. The lowest BCUT2D eigenvalue weighted by molar-refractivity contribution is -0.141. The van der Waals surface area contributed by atoms with Gasteiger partial charge in [0.1, 0.15) is 0 Å². The van der Waals surface area contributed by atoms with Crippen LogP contribution in [-0.2, 0) is 14.3 Å². The number of hydrogen-bond acceptors (Lipinski definition) is 3. The molecule has 0 aliphatic heterocycles. The molecule has 1 aromatic rings. The lowest BCUT2D eigenvalue weighted by atomic mass is 10.2. The molecule has 0 saturated heterocycles. The van der Waals surface area contributed by atoms with E-state index in [4.69, 9.17) is 11.6 Å². The maximum absolute atomic E-state index is 11.8. The molecule has 4 nitrogen and oxygen atoms in total. The molecule has 0 aliphatic rings. The first-order chi connectivity index (χ1) is 9.04. The topological polar surface area (TPSA) is 46.6 Å². The molecule has 0 radical (unpaired) electrons. The van der Waals surface area contributed by atoms with E-state index in [9.17, 15) is 9.59 Å².